The Kier molecular flexibility index (Phi) is 6.77. The molecule has 0 aromatic carbocycles. The first-order valence-corrected chi connectivity index (χ1v) is 13.3. The van der Waals surface area contributed by atoms with Crippen LogP contribution in [-0.4, -0.2) is 54.8 Å². The van der Waals surface area contributed by atoms with E-state index in [1.54, 1.807) is 31.0 Å². The smallest absolute Gasteiger partial charge is 0.227 e. The van der Waals surface area contributed by atoms with E-state index in [1.807, 2.05) is 37.2 Å². The standard InChI is InChI=1S/C29H30N10O/c1-17(30-2)16-39(3)25-15-32-13-24-27(25)36-28(35-24)26-21-10-22(33-14-23(21)37-38-26)19-9-20(12-31-11-19)34-29(40)18-7-5-4-6-8-18/h9-16,18H,2,4-8H2,1,3H3,(H,34,40)(H,35,36)(H,37,38)/b17-16-. The monoisotopic (exact) mass is 534 g/mol. The van der Waals surface area contributed by atoms with Crippen LogP contribution in [0.2, 0.25) is 0 Å². The molecule has 1 amide bonds. The van der Waals surface area contributed by atoms with Crippen molar-refractivity contribution in [3.05, 3.63) is 55.0 Å². The largest absolute Gasteiger partial charge is 0.346 e. The van der Waals surface area contributed by atoms with Crippen LogP contribution in [0.5, 0.6) is 0 Å². The number of hydrogen-bond donors (Lipinski definition) is 3. The van der Waals surface area contributed by atoms with Gasteiger partial charge in [-0.05, 0) is 38.6 Å². The topological polar surface area (TPSA) is 141 Å². The number of nitrogens with one attached hydrogen (secondary N) is 3. The summed E-state index contributed by atoms with van der Waals surface area (Å²) in [6.45, 7) is 5.46. The molecule has 3 N–H and O–H groups in total. The van der Waals surface area contributed by atoms with Gasteiger partial charge in [-0.3, -0.25) is 29.8 Å². The number of fused-ring (bicyclic) bond motifs is 2. The van der Waals surface area contributed by atoms with Crippen LogP contribution in [-0.2, 0) is 4.79 Å². The fourth-order valence-corrected chi connectivity index (χ4v) is 5.19. The predicted octanol–water partition coefficient (Wildman–Crippen LogP) is 5.48. The molecule has 11 heteroatoms. The quantitative estimate of drug-likeness (QED) is 0.235. The molecule has 0 aliphatic heterocycles. The molecular weight excluding hydrogens is 504 g/mol. The SMILES string of the molecule is C=N/C(C)=C\N(C)c1cncc2[nH]c(-c3n[nH]c4cnc(-c5cncc(NC(=O)C6CCCCC6)c5)cc34)nc12. The zero-order chi connectivity index (χ0) is 27.6. The number of allylic oxidation sites excluding steroid dienone is 1. The van der Waals surface area contributed by atoms with E-state index in [4.69, 9.17) is 4.98 Å². The molecule has 1 saturated carbocycles. The minimum Gasteiger partial charge on any atom is -0.346 e. The van der Waals surface area contributed by atoms with Crippen LogP contribution in [0, 0.1) is 5.92 Å². The second-order valence-electron chi connectivity index (χ2n) is 10.2. The molecule has 1 fully saturated rings. The molecule has 0 radical (unpaired) electrons. The molecule has 1 aliphatic carbocycles. The average molecular weight is 535 g/mol. The third-order valence-corrected chi connectivity index (χ3v) is 7.33. The lowest BCUT2D eigenvalue weighted by Crippen LogP contribution is -2.24. The molecule has 0 saturated heterocycles. The van der Waals surface area contributed by atoms with E-state index in [-0.39, 0.29) is 11.8 Å². The molecule has 5 aromatic heterocycles. The van der Waals surface area contributed by atoms with E-state index < -0.39 is 0 Å². The molecule has 5 heterocycles. The maximum Gasteiger partial charge on any atom is 0.227 e. The van der Waals surface area contributed by atoms with E-state index in [0.29, 0.717) is 22.9 Å². The van der Waals surface area contributed by atoms with Gasteiger partial charge in [0.1, 0.15) is 11.2 Å². The zero-order valence-electron chi connectivity index (χ0n) is 22.5. The first-order chi connectivity index (χ1) is 19.5. The predicted molar refractivity (Wildman–Crippen MR) is 157 cm³/mol. The highest BCUT2D eigenvalue weighted by Crippen LogP contribution is 2.32. The highest BCUT2D eigenvalue weighted by atomic mass is 16.1. The van der Waals surface area contributed by atoms with Gasteiger partial charge in [-0.1, -0.05) is 19.3 Å². The van der Waals surface area contributed by atoms with Crippen molar-refractivity contribution in [3.63, 3.8) is 0 Å². The molecule has 11 nitrogen and oxygen atoms in total. The Balaban J connectivity index is 1.32. The van der Waals surface area contributed by atoms with E-state index in [0.717, 1.165) is 64.6 Å². The Morgan fingerprint density at radius 2 is 1.93 bits per heavy atom. The van der Waals surface area contributed by atoms with Crippen molar-refractivity contribution in [2.24, 2.45) is 10.9 Å². The van der Waals surface area contributed by atoms with Gasteiger partial charge >= 0.3 is 0 Å². The summed E-state index contributed by atoms with van der Waals surface area (Å²) in [5.41, 5.74) is 6.77. The number of imidazole rings is 1. The third-order valence-electron chi connectivity index (χ3n) is 7.33. The van der Waals surface area contributed by atoms with Crippen molar-refractivity contribution in [1.82, 2.24) is 35.1 Å². The first-order valence-electron chi connectivity index (χ1n) is 13.3. The number of carbonyl (C=O) groups is 1. The van der Waals surface area contributed by atoms with Gasteiger partial charge in [0, 0.05) is 36.3 Å². The second kappa shape index (κ2) is 10.7. The highest BCUT2D eigenvalue weighted by Gasteiger charge is 2.21. The number of pyridine rings is 3. The fourth-order valence-electron chi connectivity index (χ4n) is 5.19. The van der Waals surface area contributed by atoms with Gasteiger partial charge in [0.05, 0.1) is 58.6 Å². The summed E-state index contributed by atoms with van der Waals surface area (Å²) >= 11 is 0. The number of aromatic amines is 2. The van der Waals surface area contributed by atoms with Gasteiger partial charge in [0.25, 0.3) is 0 Å². The van der Waals surface area contributed by atoms with E-state index >= 15 is 0 Å². The highest BCUT2D eigenvalue weighted by molar-refractivity contribution is 5.97. The molecule has 0 unspecified atom stereocenters. The fraction of sp³-hybridized carbons (Fsp3) is 0.276. The Morgan fingerprint density at radius 1 is 1.10 bits per heavy atom. The lowest BCUT2D eigenvalue weighted by atomic mass is 9.88. The van der Waals surface area contributed by atoms with Crippen molar-refractivity contribution in [3.8, 4) is 22.8 Å². The van der Waals surface area contributed by atoms with Crippen molar-refractivity contribution in [2.45, 2.75) is 39.0 Å². The molecule has 5 aromatic rings. The summed E-state index contributed by atoms with van der Waals surface area (Å²) in [4.78, 5) is 40.2. The zero-order valence-corrected chi connectivity index (χ0v) is 22.5. The molecular formula is C29H30N10O. The number of aliphatic imine (C=N–C) groups is 1. The molecule has 0 spiro atoms. The summed E-state index contributed by atoms with van der Waals surface area (Å²) in [6, 6.07) is 3.86. The lowest BCUT2D eigenvalue weighted by Gasteiger charge is -2.20. The van der Waals surface area contributed by atoms with Crippen LogP contribution < -0.4 is 10.2 Å². The number of hydrogen-bond acceptors (Lipinski definition) is 8. The minimum absolute atomic E-state index is 0.0648. The summed E-state index contributed by atoms with van der Waals surface area (Å²) in [7, 11) is 1.92. The van der Waals surface area contributed by atoms with E-state index in [9.17, 15) is 4.79 Å². The first kappa shape index (κ1) is 25.4. The van der Waals surface area contributed by atoms with Gasteiger partial charge in [-0.15, -0.1) is 0 Å². The maximum absolute atomic E-state index is 12.8. The van der Waals surface area contributed by atoms with Gasteiger partial charge in [0.15, 0.2) is 5.82 Å². The number of nitrogens with zero attached hydrogens (tertiary/aromatic N) is 7. The number of aromatic nitrogens is 7. The Bertz CT molecular complexity index is 1740. The summed E-state index contributed by atoms with van der Waals surface area (Å²) < 4.78 is 0. The molecule has 6 rings (SSSR count). The van der Waals surface area contributed by atoms with Crippen LogP contribution in [0.1, 0.15) is 39.0 Å². The summed E-state index contributed by atoms with van der Waals surface area (Å²) in [6.07, 6.45) is 15.8. The van der Waals surface area contributed by atoms with Gasteiger partial charge in [-0.25, -0.2) is 4.98 Å². The van der Waals surface area contributed by atoms with Crippen molar-refractivity contribution in [2.75, 3.05) is 17.3 Å². The van der Waals surface area contributed by atoms with Gasteiger partial charge in [0.2, 0.25) is 5.91 Å². The van der Waals surface area contributed by atoms with E-state index in [2.05, 4.69) is 47.2 Å². The summed E-state index contributed by atoms with van der Waals surface area (Å²) in [5.74, 6) is 0.739. The normalized spacial score (nSPS) is 14.5. The molecule has 0 atom stereocenters. The van der Waals surface area contributed by atoms with Crippen LogP contribution in [0.4, 0.5) is 11.4 Å². The number of rotatable bonds is 7. The lowest BCUT2D eigenvalue weighted by molar-refractivity contribution is -0.120. The molecule has 40 heavy (non-hydrogen) atoms. The van der Waals surface area contributed by atoms with Crippen LogP contribution >= 0.6 is 0 Å². The second-order valence-corrected chi connectivity index (χ2v) is 10.2. The number of anilines is 2. The van der Waals surface area contributed by atoms with Gasteiger partial charge in [-0.2, -0.15) is 5.10 Å². The maximum atomic E-state index is 12.8. The van der Waals surface area contributed by atoms with Crippen molar-refractivity contribution < 1.29 is 4.79 Å². The summed E-state index contributed by atoms with van der Waals surface area (Å²) in [5, 5.41) is 11.5. The Labute approximate surface area is 230 Å². The third kappa shape index (κ3) is 4.93. The van der Waals surface area contributed by atoms with Gasteiger partial charge < -0.3 is 15.2 Å². The molecule has 202 valence electrons. The number of H-pyrrole nitrogens is 2. The Morgan fingerprint density at radius 3 is 2.75 bits per heavy atom. The van der Waals surface area contributed by atoms with Crippen molar-refractivity contribution in [1.29, 1.82) is 0 Å². The molecule has 0 bridgehead atoms. The molecule has 1 aliphatic rings. The van der Waals surface area contributed by atoms with Crippen LogP contribution in [0.25, 0.3) is 44.7 Å². The van der Waals surface area contributed by atoms with E-state index in [1.165, 1.54) is 6.42 Å². The number of amides is 1. The van der Waals surface area contributed by atoms with Crippen LogP contribution in [0.15, 0.2) is 60.0 Å². The van der Waals surface area contributed by atoms with Crippen LogP contribution in [0.3, 0.4) is 0 Å². The minimum atomic E-state index is 0.0648. The Hall–Kier alpha value is -4.93. The average Bonchev–Trinajstić information content (AvgIpc) is 3.61. The number of carbonyl (C=O) groups excluding carboxylic acids is 1. The van der Waals surface area contributed by atoms with Crippen molar-refractivity contribution >= 4 is 45.9 Å².